The lowest BCUT2D eigenvalue weighted by atomic mass is 10.2. The molecule has 0 bridgehead atoms. The van der Waals surface area contributed by atoms with E-state index in [4.69, 9.17) is 23.2 Å². The number of benzene rings is 2. The molecule has 4 nitrogen and oxygen atoms in total. The Morgan fingerprint density at radius 1 is 0.960 bits per heavy atom. The highest BCUT2D eigenvalue weighted by Crippen LogP contribution is 2.23. The molecule has 4 rings (SSSR count). The topological polar surface area (TPSA) is 39.8 Å². The molecule has 0 fully saturated rings. The lowest BCUT2D eigenvalue weighted by Gasteiger charge is -2.13. The number of nitrogens with zero attached hydrogens (tertiary/aromatic N) is 3. The normalized spacial score (nSPS) is 11.1. The molecule has 25 heavy (non-hydrogen) atoms. The van der Waals surface area contributed by atoms with E-state index in [2.05, 4.69) is 4.98 Å². The second kappa shape index (κ2) is 6.39. The van der Waals surface area contributed by atoms with E-state index in [9.17, 15) is 4.79 Å². The number of pyridine rings is 1. The number of fused-ring (bicyclic) bond motifs is 1. The van der Waals surface area contributed by atoms with E-state index < -0.39 is 0 Å². The molecule has 124 valence electrons. The zero-order chi connectivity index (χ0) is 17.4. The number of aromatic nitrogens is 3. The molecule has 0 spiro atoms. The van der Waals surface area contributed by atoms with Crippen molar-refractivity contribution in [3.63, 3.8) is 0 Å². The quantitative estimate of drug-likeness (QED) is 0.531. The summed E-state index contributed by atoms with van der Waals surface area (Å²) in [5, 5.41) is 1.65. The molecule has 0 aliphatic heterocycles. The van der Waals surface area contributed by atoms with Gasteiger partial charge in [0.25, 0.3) is 5.56 Å². The fraction of sp³-hybridized carbons (Fsp3) is 0.0526. The van der Waals surface area contributed by atoms with Crippen molar-refractivity contribution in [3.8, 4) is 5.69 Å². The predicted molar refractivity (Wildman–Crippen MR) is 101 cm³/mol. The van der Waals surface area contributed by atoms with Crippen LogP contribution in [0.3, 0.4) is 0 Å². The minimum Gasteiger partial charge on any atom is -0.267 e. The lowest BCUT2D eigenvalue weighted by Crippen LogP contribution is -2.23. The second-order valence-electron chi connectivity index (χ2n) is 5.62. The molecule has 0 saturated heterocycles. The number of para-hydroxylation sites is 1. The highest BCUT2D eigenvalue weighted by atomic mass is 35.5. The molecule has 0 amide bonds. The van der Waals surface area contributed by atoms with Gasteiger partial charge in [0.15, 0.2) is 5.65 Å². The summed E-state index contributed by atoms with van der Waals surface area (Å²) < 4.78 is 3.46. The molecular weight excluding hydrogens is 357 g/mol. The Kier molecular flexibility index (Phi) is 4.07. The molecule has 0 saturated carbocycles. The summed E-state index contributed by atoms with van der Waals surface area (Å²) in [6, 6.07) is 18.5. The monoisotopic (exact) mass is 369 g/mol. The molecule has 0 N–H and O–H groups in total. The molecule has 2 heterocycles. The highest BCUT2D eigenvalue weighted by Gasteiger charge is 2.16. The smallest absolute Gasteiger partial charge is 0.267 e. The largest absolute Gasteiger partial charge is 0.276 e. The molecule has 0 radical (unpaired) electrons. The molecular formula is C19H13Cl2N3O. The Morgan fingerprint density at radius 3 is 2.52 bits per heavy atom. The van der Waals surface area contributed by atoms with Crippen LogP contribution in [-0.4, -0.2) is 14.3 Å². The van der Waals surface area contributed by atoms with Gasteiger partial charge < -0.3 is 0 Å². The van der Waals surface area contributed by atoms with Gasteiger partial charge in [0.05, 0.1) is 17.6 Å². The molecule has 2 aromatic heterocycles. The van der Waals surface area contributed by atoms with Crippen LogP contribution in [0.4, 0.5) is 0 Å². The van der Waals surface area contributed by atoms with Crippen LogP contribution < -0.4 is 5.56 Å². The van der Waals surface area contributed by atoms with Gasteiger partial charge >= 0.3 is 0 Å². The average Bonchev–Trinajstić information content (AvgIpc) is 2.91. The Morgan fingerprint density at radius 2 is 1.76 bits per heavy atom. The SMILES string of the molecule is O=c1c2cccnc2n(-c2ccccc2)n1Cc1ccc(Cl)cc1Cl. The fourth-order valence-corrected chi connectivity index (χ4v) is 3.33. The maximum Gasteiger partial charge on any atom is 0.276 e. The number of hydrogen-bond acceptors (Lipinski definition) is 2. The number of rotatable bonds is 3. The molecule has 4 aromatic rings. The summed E-state index contributed by atoms with van der Waals surface area (Å²) in [5.74, 6) is 0. The van der Waals surface area contributed by atoms with Crippen LogP contribution in [0.1, 0.15) is 5.56 Å². The van der Waals surface area contributed by atoms with Crippen LogP contribution in [0.15, 0.2) is 71.7 Å². The van der Waals surface area contributed by atoms with Crippen LogP contribution in [0, 0.1) is 0 Å². The van der Waals surface area contributed by atoms with Crippen molar-refractivity contribution in [2.45, 2.75) is 6.54 Å². The van der Waals surface area contributed by atoms with Crippen LogP contribution in [0.2, 0.25) is 10.0 Å². The lowest BCUT2D eigenvalue weighted by molar-refractivity contribution is 0.595. The third-order valence-electron chi connectivity index (χ3n) is 4.03. The van der Waals surface area contributed by atoms with Crippen molar-refractivity contribution in [3.05, 3.63) is 92.8 Å². The summed E-state index contributed by atoms with van der Waals surface area (Å²) in [5.41, 5.74) is 2.17. The van der Waals surface area contributed by atoms with Crippen LogP contribution in [0.25, 0.3) is 16.7 Å². The fourth-order valence-electron chi connectivity index (χ4n) is 2.86. The maximum absolute atomic E-state index is 12.9. The van der Waals surface area contributed by atoms with E-state index in [-0.39, 0.29) is 5.56 Å². The summed E-state index contributed by atoms with van der Waals surface area (Å²) in [4.78, 5) is 17.3. The standard InChI is InChI=1S/C19H13Cl2N3O/c20-14-9-8-13(17(21)11-14)12-23-19(25)16-7-4-10-22-18(16)24(23)15-5-2-1-3-6-15/h1-11H,12H2. The van der Waals surface area contributed by atoms with Crippen LogP contribution in [0.5, 0.6) is 0 Å². The summed E-state index contributed by atoms with van der Waals surface area (Å²) in [6.45, 7) is 0.320. The molecule has 2 aromatic carbocycles. The van der Waals surface area contributed by atoms with Gasteiger partial charge in [-0.3, -0.25) is 4.79 Å². The predicted octanol–water partition coefficient (Wildman–Crippen LogP) is 4.54. The van der Waals surface area contributed by atoms with E-state index >= 15 is 0 Å². The Hall–Kier alpha value is -2.56. The average molecular weight is 370 g/mol. The molecule has 0 atom stereocenters. The molecule has 0 aliphatic rings. The third-order valence-corrected chi connectivity index (χ3v) is 4.62. The Labute approximate surface area is 153 Å². The van der Waals surface area contributed by atoms with Crippen LogP contribution in [-0.2, 0) is 6.54 Å². The van der Waals surface area contributed by atoms with Gasteiger partial charge in [-0.25, -0.2) is 14.3 Å². The number of halogens is 2. The summed E-state index contributed by atoms with van der Waals surface area (Å²) >= 11 is 12.3. The first-order valence-electron chi connectivity index (χ1n) is 7.71. The molecule has 0 unspecified atom stereocenters. The second-order valence-corrected chi connectivity index (χ2v) is 6.46. The first-order chi connectivity index (χ1) is 12.1. The van der Waals surface area contributed by atoms with Gasteiger partial charge in [0.1, 0.15) is 0 Å². The van der Waals surface area contributed by atoms with E-state index in [1.54, 1.807) is 35.1 Å². The van der Waals surface area contributed by atoms with Crippen molar-refractivity contribution >= 4 is 34.2 Å². The first kappa shape index (κ1) is 15.9. The highest BCUT2D eigenvalue weighted by molar-refractivity contribution is 6.35. The molecule has 0 aliphatic carbocycles. The van der Waals surface area contributed by atoms with Gasteiger partial charge in [-0.1, -0.05) is 47.5 Å². The van der Waals surface area contributed by atoms with E-state index in [0.29, 0.717) is 27.6 Å². The van der Waals surface area contributed by atoms with E-state index in [0.717, 1.165) is 11.3 Å². The first-order valence-corrected chi connectivity index (χ1v) is 8.46. The van der Waals surface area contributed by atoms with Crippen molar-refractivity contribution in [2.24, 2.45) is 0 Å². The molecule has 6 heteroatoms. The van der Waals surface area contributed by atoms with Gasteiger partial charge in [-0.15, -0.1) is 0 Å². The minimum atomic E-state index is -0.113. The maximum atomic E-state index is 12.9. The number of hydrogen-bond donors (Lipinski definition) is 0. The van der Waals surface area contributed by atoms with E-state index in [1.165, 1.54) is 0 Å². The summed E-state index contributed by atoms with van der Waals surface area (Å²) in [7, 11) is 0. The van der Waals surface area contributed by atoms with Crippen molar-refractivity contribution < 1.29 is 0 Å². The van der Waals surface area contributed by atoms with Gasteiger partial charge in [-0.2, -0.15) is 0 Å². The van der Waals surface area contributed by atoms with Crippen molar-refractivity contribution in [1.82, 2.24) is 14.3 Å². The van der Waals surface area contributed by atoms with Crippen molar-refractivity contribution in [2.75, 3.05) is 0 Å². The van der Waals surface area contributed by atoms with E-state index in [1.807, 2.05) is 41.1 Å². The minimum absolute atomic E-state index is 0.113. The van der Waals surface area contributed by atoms with Crippen LogP contribution >= 0.6 is 23.2 Å². The van der Waals surface area contributed by atoms with Crippen molar-refractivity contribution in [1.29, 1.82) is 0 Å². The Bertz CT molecular complexity index is 1120. The Balaban J connectivity index is 1.97. The third kappa shape index (κ3) is 2.84. The van der Waals surface area contributed by atoms with Gasteiger partial charge in [0, 0.05) is 16.2 Å². The van der Waals surface area contributed by atoms with Gasteiger partial charge in [-0.05, 0) is 42.0 Å². The zero-order valence-corrected chi connectivity index (χ0v) is 14.6. The zero-order valence-electron chi connectivity index (χ0n) is 13.1. The van der Waals surface area contributed by atoms with Gasteiger partial charge in [0.2, 0.25) is 0 Å². The summed E-state index contributed by atoms with van der Waals surface area (Å²) in [6.07, 6.45) is 1.68.